The minimum atomic E-state index is 0.393. The van der Waals surface area contributed by atoms with Crippen molar-refractivity contribution in [3.63, 3.8) is 0 Å². The zero-order valence-electron chi connectivity index (χ0n) is 11.5. The Kier molecular flexibility index (Phi) is 3.09. The molecule has 2 rings (SSSR count). The van der Waals surface area contributed by atoms with Gasteiger partial charge in [-0.1, -0.05) is 34.6 Å². The minimum Gasteiger partial charge on any atom is -0.301 e. The Morgan fingerprint density at radius 3 is 2.50 bits per heavy atom. The minimum absolute atomic E-state index is 0.393. The Bertz CT molecular complexity index is 257. The summed E-state index contributed by atoms with van der Waals surface area (Å²) in [5, 5.41) is 0. The van der Waals surface area contributed by atoms with E-state index in [2.05, 4.69) is 40.1 Å². The van der Waals surface area contributed by atoms with Crippen LogP contribution in [0.1, 0.15) is 53.9 Å². The quantitative estimate of drug-likeness (QED) is 0.741. The standard InChI is InChI=1S/C14H27NO/c1-10(2)9-16-15-12-13(3,4)11-6-7-14(12,5)8-11/h10-12,15H,6-9H2,1-5H3/t11-,12?,14+/m0/s1. The summed E-state index contributed by atoms with van der Waals surface area (Å²) in [7, 11) is 0. The average molecular weight is 225 g/mol. The molecule has 2 bridgehead atoms. The number of rotatable bonds is 4. The second kappa shape index (κ2) is 3.99. The molecule has 2 aliphatic rings. The Morgan fingerprint density at radius 2 is 2.00 bits per heavy atom. The molecular weight excluding hydrogens is 198 g/mol. The van der Waals surface area contributed by atoms with E-state index in [1.807, 2.05) is 0 Å². The smallest absolute Gasteiger partial charge is 0.0705 e. The summed E-state index contributed by atoms with van der Waals surface area (Å²) in [4.78, 5) is 5.68. The first-order chi connectivity index (χ1) is 7.36. The maximum Gasteiger partial charge on any atom is 0.0705 e. The lowest BCUT2D eigenvalue weighted by Gasteiger charge is -2.42. The lowest BCUT2D eigenvalue weighted by Crippen LogP contribution is -2.50. The van der Waals surface area contributed by atoms with Crippen LogP contribution in [0.25, 0.3) is 0 Å². The van der Waals surface area contributed by atoms with E-state index < -0.39 is 0 Å². The molecule has 0 spiro atoms. The van der Waals surface area contributed by atoms with Gasteiger partial charge in [-0.15, -0.1) is 0 Å². The SMILES string of the molecule is CC(C)CONC1C(C)(C)[C@H]2CC[C@]1(C)C2. The van der Waals surface area contributed by atoms with E-state index in [9.17, 15) is 0 Å². The predicted molar refractivity (Wildman–Crippen MR) is 66.9 cm³/mol. The van der Waals surface area contributed by atoms with Gasteiger partial charge in [0.15, 0.2) is 0 Å². The van der Waals surface area contributed by atoms with Crippen molar-refractivity contribution < 1.29 is 4.84 Å². The zero-order chi connectivity index (χ0) is 12.0. The Morgan fingerprint density at radius 1 is 1.31 bits per heavy atom. The van der Waals surface area contributed by atoms with E-state index in [-0.39, 0.29) is 0 Å². The van der Waals surface area contributed by atoms with Gasteiger partial charge in [-0.25, -0.2) is 0 Å². The molecule has 0 amide bonds. The highest BCUT2D eigenvalue weighted by atomic mass is 16.6. The molecule has 1 N–H and O–H groups in total. The van der Waals surface area contributed by atoms with Crippen LogP contribution in [0.5, 0.6) is 0 Å². The highest BCUT2D eigenvalue weighted by molar-refractivity contribution is 5.11. The second-order valence-electron chi connectivity index (χ2n) is 7.17. The molecule has 0 saturated heterocycles. The monoisotopic (exact) mass is 225 g/mol. The molecule has 2 fully saturated rings. The largest absolute Gasteiger partial charge is 0.301 e. The second-order valence-corrected chi connectivity index (χ2v) is 7.17. The van der Waals surface area contributed by atoms with E-state index in [4.69, 9.17) is 4.84 Å². The summed E-state index contributed by atoms with van der Waals surface area (Å²) in [5.74, 6) is 1.49. The van der Waals surface area contributed by atoms with Crippen LogP contribution >= 0.6 is 0 Å². The van der Waals surface area contributed by atoms with E-state index in [1.165, 1.54) is 19.3 Å². The van der Waals surface area contributed by atoms with Gasteiger partial charge in [0.1, 0.15) is 0 Å². The summed E-state index contributed by atoms with van der Waals surface area (Å²) in [5.41, 5.74) is 4.23. The van der Waals surface area contributed by atoms with E-state index >= 15 is 0 Å². The van der Waals surface area contributed by atoms with Crippen molar-refractivity contribution in [1.29, 1.82) is 0 Å². The number of fused-ring (bicyclic) bond motifs is 2. The third-order valence-corrected chi connectivity index (χ3v) is 4.89. The maximum atomic E-state index is 5.68. The molecule has 0 aliphatic heterocycles. The van der Waals surface area contributed by atoms with Crippen LogP contribution in [0.15, 0.2) is 0 Å². The van der Waals surface area contributed by atoms with E-state index in [0.29, 0.717) is 22.8 Å². The van der Waals surface area contributed by atoms with Crippen LogP contribution < -0.4 is 5.48 Å². The predicted octanol–water partition coefficient (Wildman–Crippen LogP) is 3.38. The lowest BCUT2D eigenvalue weighted by atomic mass is 9.69. The summed E-state index contributed by atoms with van der Waals surface area (Å²) in [6, 6.07) is 0.525. The van der Waals surface area contributed by atoms with Crippen molar-refractivity contribution >= 4 is 0 Å². The summed E-state index contributed by atoms with van der Waals surface area (Å²) in [6.07, 6.45) is 4.15. The van der Waals surface area contributed by atoms with Crippen molar-refractivity contribution in [1.82, 2.24) is 5.48 Å². The molecule has 2 heteroatoms. The molecule has 0 radical (unpaired) electrons. The molecule has 2 aliphatic carbocycles. The first-order valence-corrected chi connectivity index (χ1v) is 6.73. The van der Waals surface area contributed by atoms with Crippen molar-refractivity contribution in [3.05, 3.63) is 0 Å². The van der Waals surface area contributed by atoms with Crippen LogP contribution in [-0.2, 0) is 4.84 Å². The average Bonchev–Trinajstić information content (AvgIpc) is 2.62. The molecule has 0 aromatic heterocycles. The van der Waals surface area contributed by atoms with Crippen molar-refractivity contribution in [3.8, 4) is 0 Å². The van der Waals surface area contributed by atoms with Gasteiger partial charge in [0.05, 0.1) is 6.61 Å². The van der Waals surface area contributed by atoms with Gasteiger partial charge in [-0.2, -0.15) is 5.48 Å². The van der Waals surface area contributed by atoms with Gasteiger partial charge in [0.2, 0.25) is 0 Å². The molecule has 2 nitrogen and oxygen atoms in total. The van der Waals surface area contributed by atoms with Gasteiger partial charge in [0, 0.05) is 6.04 Å². The summed E-state index contributed by atoms with van der Waals surface area (Å²) in [6.45, 7) is 12.4. The third-order valence-electron chi connectivity index (χ3n) is 4.89. The number of nitrogens with one attached hydrogen (secondary N) is 1. The van der Waals surface area contributed by atoms with E-state index in [1.54, 1.807) is 0 Å². The molecule has 1 unspecified atom stereocenters. The third kappa shape index (κ3) is 1.91. The molecule has 2 saturated carbocycles. The molecule has 0 heterocycles. The molecular formula is C14H27NO. The summed E-state index contributed by atoms with van der Waals surface area (Å²) >= 11 is 0. The zero-order valence-corrected chi connectivity index (χ0v) is 11.5. The van der Waals surface area contributed by atoms with Gasteiger partial charge in [0.25, 0.3) is 0 Å². The lowest BCUT2D eigenvalue weighted by molar-refractivity contribution is -0.0606. The van der Waals surface area contributed by atoms with Crippen molar-refractivity contribution in [2.75, 3.05) is 6.61 Å². The number of hydroxylamine groups is 1. The van der Waals surface area contributed by atoms with Gasteiger partial charge >= 0.3 is 0 Å². The first kappa shape index (κ1) is 12.4. The highest BCUT2D eigenvalue weighted by Gasteiger charge is 2.59. The summed E-state index contributed by atoms with van der Waals surface area (Å²) < 4.78 is 0. The fourth-order valence-electron chi connectivity index (χ4n) is 3.89. The van der Waals surface area contributed by atoms with Crippen molar-refractivity contribution in [2.45, 2.75) is 59.9 Å². The highest BCUT2D eigenvalue weighted by Crippen LogP contribution is 2.62. The molecule has 94 valence electrons. The fourth-order valence-corrected chi connectivity index (χ4v) is 3.89. The van der Waals surface area contributed by atoms with Crippen LogP contribution in [0.2, 0.25) is 0 Å². The topological polar surface area (TPSA) is 21.3 Å². The van der Waals surface area contributed by atoms with Gasteiger partial charge in [-0.3, -0.25) is 0 Å². The van der Waals surface area contributed by atoms with Crippen LogP contribution in [0.4, 0.5) is 0 Å². The Balaban J connectivity index is 1.97. The number of hydrogen-bond acceptors (Lipinski definition) is 2. The molecule has 0 aromatic rings. The van der Waals surface area contributed by atoms with Crippen LogP contribution in [0.3, 0.4) is 0 Å². The van der Waals surface area contributed by atoms with Crippen molar-refractivity contribution in [2.24, 2.45) is 22.7 Å². The molecule has 16 heavy (non-hydrogen) atoms. The Hall–Kier alpha value is -0.0800. The number of hydrogen-bond donors (Lipinski definition) is 1. The molecule has 0 aromatic carbocycles. The van der Waals surface area contributed by atoms with E-state index in [0.717, 1.165) is 12.5 Å². The fraction of sp³-hybridized carbons (Fsp3) is 1.00. The van der Waals surface area contributed by atoms with Gasteiger partial charge in [-0.05, 0) is 41.9 Å². The van der Waals surface area contributed by atoms with Gasteiger partial charge < -0.3 is 4.84 Å². The maximum absolute atomic E-state index is 5.68. The first-order valence-electron chi connectivity index (χ1n) is 6.73. The molecule has 3 atom stereocenters. The van der Waals surface area contributed by atoms with Crippen LogP contribution in [-0.4, -0.2) is 12.6 Å². The van der Waals surface area contributed by atoms with Crippen LogP contribution in [0, 0.1) is 22.7 Å². The Labute approximate surface area is 100 Å². The normalized spacial score (nSPS) is 40.9.